The van der Waals surface area contributed by atoms with Gasteiger partial charge in [0.05, 0.1) is 0 Å². The van der Waals surface area contributed by atoms with Crippen molar-refractivity contribution in [2.75, 3.05) is 20.1 Å². The van der Waals surface area contributed by atoms with Gasteiger partial charge < -0.3 is 4.99 Å². The average molecular weight is 206 g/mol. The van der Waals surface area contributed by atoms with Gasteiger partial charge in [0.15, 0.2) is 0 Å². The highest BCUT2D eigenvalue weighted by atomic mass is 15.2. The molecule has 84 valence electrons. The largest absolute Gasteiger partial charge is 0.301 e. The number of fused-ring (bicyclic) bond motifs is 1. The van der Waals surface area contributed by atoms with Crippen molar-refractivity contribution in [1.29, 1.82) is 0 Å². The van der Waals surface area contributed by atoms with Crippen molar-refractivity contribution < 1.29 is 0 Å². The summed E-state index contributed by atoms with van der Waals surface area (Å²) in [6.07, 6.45) is 9.37. The van der Waals surface area contributed by atoms with Crippen molar-refractivity contribution in [2.24, 2.45) is 22.7 Å². The van der Waals surface area contributed by atoms with Crippen molar-refractivity contribution in [1.82, 2.24) is 4.90 Å². The van der Waals surface area contributed by atoms with Gasteiger partial charge in [0.2, 0.25) is 0 Å². The number of hydrogen-bond acceptors (Lipinski definition) is 2. The van der Waals surface area contributed by atoms with Crippen molar-refractivity contribution in [3.8, 4) is 0 Å². The smallest absolute Gasteiger partial charge is 0.0273 e. The summed E-state index contributed by atoms with van der Waals surface area (Å²) < 4.78 is 0. The lowest BCUT2D eigenvalue weighted by atomic mass is 9.84. The predicted molar refractivity (Wildman–Crippen MR) is 63.3 cm³/mol. The third-order valence-corrected chi connectivity index (χ3v) is 4.60. The van der Waals surface area contributed by atoms with Crippen LogP contribution in [-0.2, 0) is 0 Å². The van der Waals surface area contributed by atoms with E-state index in [-0.39, 0.29) is 0 Å². The maximum Gasteiger partial charge on any atom is 0.0273 e. The van der Waals surface area contributed by atoms with Crippen LogP contribution in [0.25, 0.3) is 0 Å². The van der Waals surface area contributed by atoms with Gasteiger partial charge in [-0.3, -0.25) is 4.90 Å². The molecule has 3 rings (SSSR count). The molecule has 0 aromatic heterocycles. The Kier molecular flexibility index (Phi) is 2.55. The zero-order valence-electron chi connectivity index (χ0n) is 9.73. The normalized spacial score (nSPS) is 45.9. The zero-order valence-corrected chi connectivity index (χ0v) is 9.73. The Balaban J connectivity index is 1.65. The molecule has 1 heterocycles. The molecule has 2 nitrogen and oxygen atoms in total. The molecular formula is C13H22N2. The lowest BCUT2D eigenvalue weighted by Crippen LogP contribution is -2.42. The number of rotatable bonds is 2. The highest BCUT2D eigenvalue weighted by Gasteiger charge is 2.47. The van der Waals surface area contributed by atoms with Crippen LogP contribution in [0.2, 0.25) is 0 Å². The van der Waals surface area contributed by atoms with Crippen molar-refractivity contribution in [3.63, 3.8) is 0 Å². The molecule has 3 fully saturated rings. The second kappa shape index (κ2) is 3.89. The summed E-state index contributed by atoms with van der Waals surface area (Å²) in [5, 5.41) is 0. The summed E-state index contributed by atoms with van der Waals surface area (Å²) in [5.74, 6) is 2.90. The van der Waals surface area contributed by atoms with E-state index in [4.69, 9.17) is 0 Å². The van der Waals surface area contributed by atoms with Gasteiger partial charge in [-0.05, 0) is 31.1 Å². The molecule has 0 spiro atoms. The van der Waals surface area contributed by atoms with Crippen molar-refractivity contribution in [3.05, 3.63) is 0 Å². The molecule has 4 atom stereocenters. The molecule has 1 saturated heterocycles. The van der Waals surface area contributed by atoms with Crippen LogP contribution < -0.4 is 0 Å². The molecule has 0 aromatic rings. The Morgan fingerprint density at radius 3 is 2.60 bits per heavy atom. The van der Waals surface area contributed by atoms with E-state index in [2.05, 4.69) is 16.1 Å². The molecule has 2 heteroatoms. The van der Waals surface area contributed by atoms with Crippen LogP contribution in [0.1, 0.15) is 32.1 Å². The van der Waals surface area contributed by atoms with E-state index in [1.807, 2.05) is 7.05 Å². The van der Waals surface area contributed by atoms with Crippen LogP contribution in [0.3, 0.4) is 0 Å². The highest BCUT2D eigenvalue weighted by Crippen LogP contribution is 2.47. The first-order valence-corrected chi connectivity index (χ1v) is 6.55. The quantitative estimate of drug-likeness (QED) is 0.632. The maximum atomic E-state index is 4.26. The SMILES string of the molecule is CN=CC1CCCC[C@@H]1N1CC2CC2C1. The van der Waals surface area contributed by atoms with E-state index in [1.165, 1.54) is 45.2 Å². The first kappa shape index (κ1) is 9.83. The summed E-state index contributed by atoms with van der Waals surface area (Å²) in [5.41, 5.74) is 0. The van der Waals surface area contributed by atoms with Gasteiger partial charge in [0.1, 0.15) is 0 Å². The number of hydrogen-bond donors (Lipinski definition) is 0. The van der Waals surface area contributed by atoms with Crippen LogP contribution in [-0.4, -0.2) is 37.3 Å². The van der Waals surface area contributed by atoms with Gasteiger partial charge in [0, 0.05) is 38.3 Å². The van der Waals surface area contributed by atoms with Crippen LogP contribution in [0.5, 0.6) is 0 Å². The molecule has 3 aliphatic rings. The van der Waals surface area contributed by atoms with Gasteiger partial charge in [-0.25, -0.2) is 0 Å². The van der Waals surface area contributed by atoms with E-state index in [0.717, 1.165) is 23.8 Å². The molecular weight excluding hydrogens is 184 g/mol. The Labute approximate surface area is 92.8 Å². The minimum Gasteiger partial charge on any atom is -0.301 e. The van der Waals surface area contributed by atoms with Crippen LogP contribution in [0, 0.1) is 17.8 Å². The van der Waals surface area contributed by atoms with E-state index in [9.17, 15) is 0 Å². The monoisotopic (exact) mass is 206 g/mol. The third kappa shape index (κ3) is 1.84. The third-order valence-electron chi connectivity index (χ3n) is 4.60. The lowest BCUT2D eigenvalue weighted by molar-refractivity contribution is 0.149. The predicted octanol–water partition coefficient (Wildman–Crippen LogP) is 2.20. The summed E-state index contributed by atoms with van der Waals surface area (Å²) in [6.45, 7) is 2.78. The molecule has 2 saturated carbocycles. The zero-order chi connectivity index (χ0) is 10.3. The molecule has 2 aliphatic carbocycles. The Hall–Kier alpha value is -0.370. The van der Waals surface area contributed by atoms with Crippen LogP contribution in [0.4, 0.5) is 0 Å². The van der Waals surface area contributed by atoms with Crippen molar-refractivity contribution >= 4 is 6.21 Å². The molecule has 0 bridgehead atoms. The fraction of sp³-hybridized carbons (Fsp3) is 0.923. The van der Waals surface area contributed by atoms with Gasteiger partial charge >= 0.3 is 0 Å². The van der Waals surface area contributed by atoms with Gasteiger partial charge in [0.25, 0.3) is 0 Å². The van der Waals surface area contributed by atoms with E-state index < -0.39 is 0 Å². The average Bonchev–Trinajstić information content (AvgIpc) is 2.87. The second-order valence-electron chi connectivity index (χ2n) is 5.63. The Morgan fingerprint density at radius 1 is 1.13 bits per heavy atom. The van der Waals surface area contributed by atoms with Crippen LogP contribution in [0.15, 0.2) is 4.99 Å². The molecule has 15 heavy (non-hydrogen) atoms. The maximum absolute atomic E-state index is 4.26. The fourth-order valence-corrected chi connectivity index (χ4v) is 3.66. The number of piperidine rings is 1. The molecule has 0 radical (unpaired) electrons. The molecule has 0 amide bonds. The van der Waals surface area contributed by atoms with E-state index >= 15 is 0 Å². The standard InChI is InChI=1S/C13H22N2/c1-14-7-10-4-2-3-5-13(10)15-8-11-6-12(11)9-15/h7,10-13H,2-6,8-9H2,1H3/t10?,11?,12?,13-/m0/s1. The number of nitrogens with zero attached hydrogens (tertiary/aromatic N) is 2. The van der Waals surface area contributed by atoms with E-state index in [0.29, 0.717) is 0 Å². The summed E-state index contributed by atoms with van der Waals surface area (Å²) in [7, 11) is 1.92. The summed E-state index contributed by atoms with van der Waals surface area (Å²) in [4.78, 5) is 7.03. The first-order chi connectivity index (χ1) is 7.38. The van der Waals surface area contributed by atoms with E-state index in [1.54, 1.807) is 0 Å². The molecule has 0 aromatic carbocycles. The minimum atomic E-state index is 0.751. The lowest BCUT2D eigenvalue weighted by Gasteiger charge is -2.37. The Bertz CT molecular complexity index is 251. The van der Waals surface area contributed by atoms with Crippen molar-refractivity contribution in [2.45, 2.75) is 38.1 Å². The van der Waals surface area contributed by atoms with Gasteiger partial charge in [-0.1, -0.05) is 12.8 Å². The van der Waals surface area contributed by atoms with Gasteiger partial charge in [-0.2, -0.15) is 0 Å². The molecule has 0 N–H and O–H groups in total. The second-order valence-corrected chi connectivity index (χ2v) is 5.63. The summed E-state index contributed by atoms with van der Waals surface area (Å²) >= 11 is 0. The van der Waals surface area contributed by atoms with Crippen LogP contribution >= 0.6 is 0 Å². The highest BCUT2D eigenvalue weighted by molar-refractivity contribution is 5.61. The summed E-state index contributed by atoms with van der Waals surface area (Å²) in [6, 6.07) is 0.829. The fourth-order valence-electron chi connectivity index (χ4n) is 3.66. The number of likely N-dealkylation sites (tertiary alicyclic amines) is 1. The molecule has 3 unspecified atom stereocenters. The number of aliphatic imine (C=N–C) groups is 1. The van der Waals surface area contributed by atoms with Gasteiger partial charge in [-0.15, -0.1) is 0 Å². The Morgan fingerprint density at radius 2 is 1.87 bits per heavy atom. The molecule has 1 aliphatic heterocycles. The topological polar surface area (TPSA) is 15.6 Å². The first-order valence-electron chi connectivity index (χ1n) is 6.55. The minimum absolute atomic E-state index is 0.751.